The fraction of sp³-hybridized carbons (Fsp3) is 0.417. The Morgan fingerprint density at radius 2 is 2.06 bits per heavy atom. The van der Waals surface area contributed by atoms with E-state index in [1.54, 1.807) is 12.1 Å². The molecule has 1 fully saturated rings. The number of rotatable bonds is 2. The molecule has 1 heterocycles. The number of piperidine rings is 1. The summed E-state index contributed by atoms with van der Waals surface area (Å²) in [5.74, 6) is 0. The van der Waals surface area contributed by atoms with Crippen molar-refractivity contribution in [1.82, 2.24) is 5.32 Å². The average Bonchev–Trinajstić information content (AvgIpc) is 2.30. The van der Waals surface area contributed by atoms with Crippen LogP contribution in [-0.4, -0.2) is 17.9 Å². The van der Waals surface area contributed by atoms with Gasteiger partial charge in [-0.05, 0) is 25.8 Å². The molecular formula is C12H16ClNO2. The van der Waals surface area contributed by atoms with Gasteiger partial charge in [0.05, 0.1) is 0 Å². The number of carbonyl (C=O) groups excluding carboxylic acids is 1. The van der Waals surface area contributed by atoms with Crippen LogP contribution in [0.25, 0.3) is 0 Å². The van der Waals surface area contributed by atoms with E-state index in [-0.39, 0.29) is 12.4 Å². The van der Waals surface area contributed by atoms with E-state index in [4.69, 9.17) is 0 Å². The Labute approximate surface area is 101 Å². The number of benzene rings is 1. The van der Waals surface area contributed by atoms with E-state index in [0.29, 0.717) is 17.5 Å². The van der Waals surface area contributed by atoms with Gasteiger partial charge in [-0.2, -0.15) is 0 Å². The van der Waals surface area contributed by atoms with Gasteiger partial charge >= 0.3 is 0 Å². The first-order valence-corrected chi connectivity index (χ1v) is 5.28. The highest BCUT2D eigenvalue weighted by molar-refractivity contribution is 5.85. The van der Waals surface area contributed by atoms with Gasteiger partial charge in [-0.15, -0.1) is 12.4 Å². The molecule has 1 aromatic carbocycles. The Hall–Kier alpha value is -0.900. The van der Waals surface area contributed by atoms with Crippen LogP contribution in [0, 0.1) is 0 Å². The Morgan fingerprint density at radius 3 is 2.69 bits per heavy atom. The van der Waals surface area contributed by atoms with E-state index in [1.165, 1.54) is 0 Å². The Morgan fingerprint density at radius 1 is 1.31 bits per heavy atom. The standard InChI is InChI=1S/C12H15NO2.ClH/c14-9-10-5-1-2-6-11(10)12(15)7-3-4-8-13-12;/h1-2,5-6,9,13,15H,3-4,7-8H2;1H/t12-;/m1./s1. The van der Waals surface area contributed by atoms with Gasteiger partial charge in [-0.25, -0.2) is 0 Å². The van der Waals surface area contributed by atoms with E-state index in [2.05, 4.69) is 5.32 Å². The lowest BCUT2D eigenvalue weighted by Gasteiger charge is -2.34. The summed E-state index contributed by atoms with van der Waals surface area (Å²) in [5.41, 5.74) is 0.240. The zero-order valence-electron chi connectivity index (χ0n) is 8.98. The van der Waals surface area contributed by atoms with Crippen molar-refractivity contribution < 1.29 is 9.90 Å². The fourth-order valence-corrected chi connectivity index (χ4v) is 2.10. The zero-order chi connectivity index (χ0) is 10.7. The Bertz CT molecular complexity index is 362. The molecule has 1 aliphatic heterocycles. The van der Waals surface area contributed by atoms with Crippen LogP contribution in [0.5, 0.6) is 0 Å². The minimum atomic E-state index is -1.02. The molecule has 16 heavy (non-hydrogen) atoms. The molecule has 2 rings (SSSR count). The summed E-state index contributed by atoms with van der Waals surface area (Å²) in [5, 5.41) is 13.5. The molecule has 0 amide bonds. The van der Waals surface area contributed by atoms with E-state index in [0.717, 1.165) is 25.7 Å². The normalized spacial score (nSPS) is 24.6. The predicted octanol–water partition coefficient (Wildman–Crippen LogP) is 1.84. The second kappa shape index (κ2) is 5.43. The lowest BCUT2D eigenvalue weighted by Crippen LogP contribution is -2.46. The third kappa shape index (κ3) is 2.43. The van der Waals surface area contributed by atoms with Crippen LogP contribution in [0.3, 0.4) is 0 Å². The molecule has 1 atom stereocenters. The summed E-state index contributed by atoms with van der Waals surface area (Å²) in [4.78, 5) is 10.9. The number of carbonyl (C=O) groups is 1. The molecule has 0 bridgehead atoms. The first-order chi connectivity index (χ1) is 7.26. The van der Waals surface area contributed by atoms with Crippen LogP contribution in [-0.2, 0) is 5.72 Å². The largest absolute Gasteiger partial charge is 0.372 e. The molecule has 0 unspecified atom stereocenters. The molecule has 0 aliphatic carbocycles. The smallest absolute Gasteiger partial charge is 0.150 e. The molecule has 4 heteroatoms. The van der Waals surface area contributed by atoms with E-state index in [1.807, 2.05) is 12.1 Å². The number of aldehydes is 1. The topological polar surface area (TPSA) is 49.3 Å². The second-order valence-electron chi connectivity index (χ2n) is 3.95. The third-order valence-corrected chi connectivity index (χ3v) is 2.92. The van der Waals surface area contributed by atoms with Gasteiger partial charge in [0.25, 0.3) is 0 Å². The zero-order valence-corrected chi connectivity index (χ0v) is 9.80. The van der Waals surface area contributed by atoms with Crippen molar-refractivity contribution in [2.75, 3.05) is 6.54 Å². The summed E-state index contributed by atoms with van der Waals surface area (Å²) in [6, 6.07) is 7.19. The molecule has 1 aromatic rings. The van der Waals surface area contributed by atoms with Crippen molar-refractivity contribution in [2.45, 2.75) is 25.0 Å². The molecule has 88 valence electrons. The molecule has 0 aromatic heterocycles. The maximum Gasteiger partial charge on any atom is 0.150 e. The van der Waals surface area contributed by atoms with Crippen molar-refractivity contribution >= 4 is 18.7 Å². The monoisotopic (exact) mass is 241 g/mol. The Kier molecular flexibility index (Phi) is 4.47. The third-order valence-electron chi connectivity index (χ3n) is 2.92. The lowest BCUT2D eigenvalue weighted by atomic mass is 9.90. The van der Waals surface area contributed by atoms with Crippen LogP contribution >= 0.6 is 12.4 Å². The summed E-state index contributed by atoms with van der Waals surface area (Å²) in [6.45, 7) is 0.795. The minimum Gasteiger partial charge on any atom is -0.372 e. The van der Waals surface area contributed by atoms with E-state index < -0.39 is 5.72 Å². The lowest BCUT2D eigenvalue weighted by molar-refractivity contribution is -0.0245. The van der Waals surface area contributed by atoms with Crippen LogP contribution < -0.4 is 5.32 Å². The molecule has 0 spiro atoms. The number of nitrogens with one attached hydrogen (secondary N) is 1. The van der Waals surface area contributed by atoms with Crippen LogP contribution in [0.2, 0.25) is 0 Å². The van der Waals surface area contributed by atoms with Gasteiger partial charge < -0.3 is 5.11 Å². The molecular weight excluding hydrogens is 226 g/mol. The second-order valence-corrected chi connectivity index (χ2v) is 3.95. The van der Waals surface area contributed by atoms with Gasteiger partial charge in [0, 0.05) is 11.1 Å². The van der Waals surface area contributed by atoms with Crippen molar-refractivity contribution in [3.63, 3.8) is 0 Å². The summed E-state index contributed by atoms with van der Waals surface area (Å²) < 4.78 is 0. The van der Waals surface area contributed by atoms with Crippen molar-refractivity contribution in [1.29, 1.82) is 0 Å². The van der Waals surface area contributed by atoms with Gasteiger partial charge in [0.15, 0.2) is 0 Å². The van der Waals surface area contributed by atoms with Gasteiger partial charge in [-0.1, -0.05) is 24.3 Å². The summed E-state index contributed by atoms with van der Waals surface area (Å²) in [6.07, 6.45) is 3.52. The van der Waals surface area contributed by atoms with Crippen molar-refractivity contribution in [2.24, 2.45) is 0 Å². The number of hydrogen-bond acceptors (Lipinski definition) is 3. The maximum atomic E-state index is 10.9. The quantitative estimate of drug-likeness (QED) is 0.777. The van der Waals surface area contributed by atoms with Gasteiger partial charge in [0.2, 0.25) is 0 Å². The Balaban J connectivity index is 0.00000128. The van der Waals surface area contributed by atoms with Crippen LogP contribution in [0.1, 0.15) is 35.2 Å². The molecule has 3 nitrogen and oxygen atoms in total. The maximum absolute atomic E-state index is 10.9. The molecule has 0 saturated carbocycles. The number of hydrogen-bond donors (Lipinski definition) is 2. The summed E-state index contributed by atoms with van der Waals surface area (Å²) >= 11 is 0. The fourth-order valence-electron chi connectivity index (χ4n) is 2.10. The SMILES string of the molecule is Cl.O=Cc1ccccc1[C@]1(O)CCCCN1. The van der Waals surface area contributed by atoms with Crippen molar-refractivity contribution in [3.8, 4) is 0 Å². The number of aliphatic hydroxyl groups is 1. The van der Waals surface area contributed by atoms with E-state index >= 15 is 0 Å². The minimum absolute atomic E-state index is 0. The summed E-state index contributed by atoms with van der Waals surface area (Å²) in [7, 11) is 0. The highest BCUT2D eigenvalue weighted by atomic mass is 35.5. The van der Waals surface area contributed by atoms with Crippen LogP contribution in [0.4, 0.5) is 0 Å². The molecule has 2 N–H and O–H groups in total. The average molecular weight is 242 g/mol. The predicted molar refractivity (Wildman–Crippen MR) is 64.8 cm³/mol. The van der Waals surface area contributed by atoms with Gasteiger partial charge in [0.1, 0.15) is 12.0 Å². The highest BCUT2D eigenvalue weighted by Crippen LogP contribution is 2.29. The molecule has 1 saturated heterocycles. The molecule has 1 aliphatic rings. The first-order valence-electron chi connectivity index (χ1n) is 5.28. The van der Waals surface area contributed by atoms with Gasteiger partial charge in [-0.3, -0.25) is 10.1 Å². The molecule has 0 radical (unpaired) electrons. The van der Waals surface area contributed by atoms with Crippen molar-refractivity contribution in [3.05, 3.63) is 35.4 Å². The first kappa shape index (κ1) is 13.2. The number of halogens is 1. The van der Waals surface area contributed by atoms with E-state index in [9.17, 15) is 9.90 Å². The highest BCUT2D eigenvalue weighted by Gasteiger charge is 2.32. The van der Waals surface area contributed by atoms with Crippen LogP contribution in [0.15, 0.2) is 24.3 Å².